The van der Waals surface area contributed by atoms with Crippen molar-refractivity contribution in [3.05, 3.63) is 48.2 Å². The van der Waals surface area contributed by atoms with Crippen molar-refractivity contribution < 1.29 is 4.42 Å². The zero-order valence-electron chi connectivity index (χ0n) is 19.9. The molecule has 1 saturated heterocycles. The van der Waals surface area contributed by atoms with Gasteiger partial charge in [-0.3, -0.25) is 4.90 Å². The molecule has 0 unspecified atom stereocenters. The van der Waals surface area contributed by atoms with Crippen LogP contribution in [0.3, 0.4) is 0 Å². The topological polar surface area (TPSA) is 68.9 Å². The second-order valence-corrected chi connectivity index (χ2v) is 9.01. The van der Waals surface area contributed by atoms with Gasteiger partial charge < -0.3 is 20.0 Å². The van der Waals surface area contributed by atoms with Gasteiger partial charge in [0.2, 0.25) is 5.89 Å². The Labute approximate surface area is 210 Å². The average molecular weight is 555 g/mol. The first-order valence-corrected chi connectivity index (χ1v) is 11.5. The van der Waals surface area contributed by atoms with E-state index in [1.807, 2.05) is 6.20 Å². The summed E-state index contributed by atoms with van der Waals surface area (Å²) < 4.78 is 5.84. The average Bonchev–Trinajstić information content (AvgIpc) is 3.26. The first-order chi connectivity index (χ1) is 15.0. The molecule has 1 aliphatic heterocycles. The molecule has 178 valence electrons. The van der Waals surface area contributed by atoms with Crippen LogP contribution >= 0.6 is 24.0 Å². The lowest BCUT2D eigenvalue weighted by Gasteiger charge is -2.36. The monoisotopic (exact) mass is 554 g/mol. The predicted octanol–water partition coefficient (Wildman–Crippen LogP) is 3.86. The fourth-order valence-electron chi connectivity index (χ4n) is 3.60. The van der Waals surface area contributed by atoms with Crippen LogP contribution in [0.15, 0.2) is 45.9 Å². The van der Waals surface area contributed by atoms with Gasteiger partial charge in [0, 0.05) is 50.4 Å². The van der Waals surface area contributed by atoms with Gasteiger partial charge in [0.1, 0.15) is 12.3 Å². The summed E-state index contributed by atoms with van der Waals surface area (Å²) in [6.45, 7) is 16.1. The van der Waals surface area contributed by atoms with E-state index in [-0.39, 0.29) is 29.4 Å². The zero-order valence-corrected chi connectivity index (χ0v) is 22.3. The molecule has 0 saturated carbocycles. The van der Waals surface area contributed by atoms with E-state index in [1.165, 1.54) is 5.69 Å². The number of hydrogen-bond acceptors (Lipinski definition) is 5. The Morgan fingerprint density at radius 2 is 1.81 bits per heavy atom. The van der Waals surface area contributed by atoms with E-state index in [0.29, 0.717) is 12.4 Å². The van der Waals surface area contributed by atoms with Gasteiger partial charge in [-0.15, -0.1) is 24.0 Å². The number of piperazine rings is 1. The van der Waals surface area contributed by atoms with Gasteiger partial charge in [0.25, 0.3) is 0 Å². The van der Waals surface area contributed by atoms with Crippen LogP contribution in [0, 0.1) is 0 Å². The smallest absolute Gasteiger partial charge is 0.216 e. The number of benzene rings is 1. The summed E-state index contributed by atoms with van der Waals surface area (Å²) in [5, 5.41) is 6.74. The van der Waals surface area contributed by atoms with Gasteiger partial charge in [0.05, 0.1) is 6.20 Å². The maximum Gasteiger partial charge on any atom is 0.216 e. The summed E-state index contributed by atoms with van der Waals surface area (Å²) in [6.07, 6.45) is 2.89. The van der Waals surface area contributed by atoms with Gasteiger partial charge >= 0.3 is 0 Å². The van der Waals surface area contributed by atoms with E-state index in [2.05, 4.69) is 88.4 Å². The van der Waals surface area contributed by atoms with E-state index in [1.54, 1.807) is 0 Å². The second kappa shape index (κ2) is 13.0. The fraction of sp³-hybridized carbons (Fsp3) is 0.583. The molecule has 1 aromatic heterocycles. The number of nitrogens with zero attached hydrogens (tertiary/aromatic N) is 4. The third kappa shape index (κ3) is 8.27. The zero-order chi connectivity index (χ0) is 22.1. The molecule has 0 bridgehead atoms. The highest BCUT2D eigenvalue weighted by Crippen LogP contribution is 2.22. The molecule has 32 heavy (non-hydrogen) atoms. The minimum absolute atomic E-state index is 0. The van der Waals surface area contributed by atoms with Crippen molar-refractivity contribution in [1.82, 2.24) is 20.5 Å². The molecule has 2 N–H and O–H groups in total. The van der Waals surface area contributed by atoms with Crippen molar-refractivity contribution in [2.75, 3.05) is 50.7 Å². The lowest BCUT2D eigenvalue weighted by molar-refractivity contribution is 0.255. The maximum absolute atomic E-state index is 5.84. The van der Waals surface area contributed by atoms with Crippen LogP contribution in [0.4, 0.5) is 5.69 Å². The highest BCUT2D eigenvalue weighted by Gasteiger charge is 2.19. The summed E-state index contributed by atoms with van der Waals surface area (Å²) >= 11 is 0. The molecule has 1 aromatic carbocycles. The molecule has 1 fully saturated rings. The fourth-order valence-corrected chi connectivity index (χ4v) is 3.60. The van der Waals surface area contributed by atoms with Gasteiger partial charge in [-0.05, 0) is 32.0 Å². The summed E-state index contributed by atoms with van der Waals surface area (Å²) in [5.41, 5.74) is 1.29. The number of guanidine groups is 1. The Morgan fingerprint density at radius 3 is 2.44 bits per heavy atom. The molecule has 0 atom stereocenters. The molecule has 2 heterocycles. The number of hydrogen-bond donors (Lipinski definition) is 2. The lowest BCUT2D eigenvalue weighted by Crippen LogP contribution is -2.47. The van der Waals surface area contributed by atoms with E-state index in [4.69, 9.17) is 4.42 Å². The molecular weight excluding hydrogens is 515 g/mol. The van der Waals surface area contributed by atoms with Gasteiger partial charge in [-0.25, -0.2) is 9.98 Å². The quantitative estimate of drug-likeness (QED) is 0.224. The normalized spacial score (nSPS) is 15.4. The number of rotatable bonds is 8. The van der Waals surface area contributed by atoms with Gasteiger partial charge in [0.15, 0.2) is 5.96 Å². The van der Waals surface area contributed by atoms with Crippen molar-refractivity contribution in [2.45, 2.75) is 46.1 Å². The number of para-hydroxylation sites is 1. The summed E-state index contributed by atoms with van der Waals surface area (Å²) in [7, 11) is 0. The van der Waals surface area contributed by atoms with Gasteiger partial charge in [-0.1, -0.05) is 39.0 Å². The van der Waals surface area contributed by atoms with E-state index < -0.39 is 0 Å². The summed E-state index contributed by atoms with van der Waals surface area (Å²) in [6, 6.07) is 10.7. The number of anilines is 1. The Balaban J connectivity index is 0.00000363. The molecule has 0 amide bonds. The van der Waals surface area contributed by atoms with Crippen molar-refractivity contribution in [3.63, 3.8) is 0 Å². The third-order valence-electron chi connectivity index (χ3n) is 5.45. The van der Waals surface area contributed by atoms with E-state index in [0.717, 1.165) is 64.0 Å². The van der Waals surface area contributed by atoms with Crippen molar-refractivity contribution in [3.8, 4) is 0 Å². The first kappa shape index (κ1) is 26.4. The summed E-state index contributed by atoms with van der Waals surface area (Å²) in [4.78, 5) is 14.0. The molecule has 1 aliphatic rings. The molecular formula is C24H39IN6O. The summed E-state index contributed by atoms with van der Waals surface area (Å²) in [5.74, 6) is 2.35. The van der Waals surface area contributed by atoms with Crippen LogP contribution < -0.4 is 15.5 Å². The number of nitrogens with one attached hydrogen (secondary N) is 2. The molecule has 3 rings (SSSR count). The van der Waals surface area contributed by atoms with Crippen LogP contribution in [-0.2, 0) is 12.0 Å². The third-order valence-corrected chi connectivity index (χ3v) is 5.45. The minimum atomic E-state index is -0.0374. The van der Waals surface area contributed by atoms with Crippen molar-refractivity contribution in [2.24, 2.45) is 4.99 Å². The number of aliphatic imine (C=N–C) groups is 1. The lowest BCUT2D eigenvalue weighted by atomic mass is 9.94. The Kier molecular flexibility index (Phi) is 10.8. The predicted molar refractivity (Wildman–Crippen MR) is 143 cm³/mol. The number of oxazole rings is 1. The SMILES string of the molecule is CCNC(=NCc1ncc(C(C)(C)C)o1)NCCCN1CCN(c2ccccc2)CC1.I. The minimum Gasteiger partial charge on any atom is -0.443 e. The van der Waals surface area contributed by atoms with Crippen LogP contribution in [0.2, 0.25) is 0 Å². The van der Waals surface area contributed by atoms with Crippen LogP contribution in [-0.4, -0.2) is 61.7 Å². The maximum atomic E-state index is 5.84. The standard InChI is InChI=1S/C24H38N6O.HI/c1-5-25-23(28-19-22-27-18-21(31-22)24(2,3)4)26-12-9-13-29-14-16-30(17-15-29)20-10-7-6-8-11-20;/h6-8,10-11,18H,5,9,12-17,19H2,1-4H3,(H2,25,26,28);1H. The Morgan fingerprint density at radius 1 is 1.09 bits per heavy atom. The van der Waals surface area contributed by atoms with Crippen LogP contribution in [0.1, 0.15) is 45.8 Å². The van der Waals surface area contributed by atoms with E-state index >= 15 is 0 Å². The Bertz CT molecular complexity index is 809. The van der Waals surface area contributed by atoms with Gasteiger partial charge in [-0.2, -0.15) is 0 Å². The first-order valence-electron chi connectivity index (χ1n) is 11.5. The van der Waals surface area contributed by atoms with Crippen LogP contribution in [0.5, 0.6) is 0 Å². The largest absolute Gasteiger partial charge is 0.443 e. The highest BCUT2D eigenvalue weighted by molar-refractivity contribution is 14.0. The second-order valence-electron chi connectivity index (χ2n) is 9.01. The molecule has 0 radical (unpaired) electrons. The van der Waals surface area contributed by atoms with Crippen molar-refractivity contribution >= 4 is 35.6 Å². The van der Waals surface area contributed by atoms with E-state index in [9.17, 15) is 0 Å². The number of aromatic nitrogens is 1. The molecule has 2 aromatic rings. The molecule has 0 spiro atoms. The highest BCUT2D eigenvalue weighted by atomic mass is 127. The molecule has 8 heteroatoms. The molecule has 7 nitrogen and oxygen atoms in total. The molecule has 0 aliphatic carbocycles. The number of halogens is 1. The van der Waals surface area contributed by atoms with Crippen molar-refractivity contribution in [1.29, 1.82) is 0 Å². The van der Waals surface area contributed by atoms with Crippen LogP contribution in [0.25, 0.3) is 0 Å². The Hall–Kier alpha value is -1.81.